The van der Waals surface area contributed by atoms with Crippen LogP contribution in [0.1, 0.15) is 12.8 Å². The highest BCUT2D eigenvalue weighted by Crippen LogP contribution is 2.34. The zero-order valence-electron chi connectivity index (χ0n) is 10.0. The number of aromatic nitrogens is 1. The monoisotopic (exact) mass is 228 g/mol. The summed E-state index contributed by atoms with van der Waals surface area (Å²) in [5, 5.41) is 1.14. The van der Waals surface area contributed by atoms with E-state index in [0.717, 1.165) is 29.7 Å². The van der Waals surface area contributed by atoms with Crippen LogP contribution in [0.25, 0.3) is 10.9 Å². The Labute approximate surface area is 101 Å². The lowest BCUT2D eigenvalue weighted by Crippen LogP contribution is -2.18. The summed E-state index contributed by atoms with van der Waals surface area (Å²) in [7, 11) is 1.72. The molecule has 0 amide bonds. The fourth-order valence-electron chi connectivity index (χ4n) is 2.55. The van der Waals surface area contributed by atoms with Crippen molar-refractivity contribution in [1.29, 1.82) is 0 Å². The summed E-state index contributed by atoms with van der Waals surface area (Å²) in [5.74, 6) is 0.914. The number of methoxy groups -OCH3 is 1. The van der Waals surface area contributed by atoms with Gasteiger partial charge >= 0.3 is 0 Å². The van der Waals surface area contributed by atoms with Crippen LogP contribution in [-0.4, -0.2) is 25.2 Å². The summed E-state index contributed by atoms with van der Waals surface area (Å²) in [6.07, 6.45) is 4.44. The molecular formula is C14H16N2O. The Bertz CT molecular complexity index is 527. The first kappa shape index (κ1) is 10.4. The van der Waals surface area contributed by atoms with E-state index in [9.17, 15) is 0 Å². The number of nitrogens with zero attached hydrogens (tertiary/aromatic N) is 2. The van der Waals surface area contributed by atoms with Crippen molar-refractivity contribution in [2.24, 2.45) is 0 Å². The van der Waals surface area contributed by atoms with Crippen molar-refractivity contribution >= 4 is 16.6 Å². The van der Waals surface area contributed by atoms with Crippen molar-refractivity contribution in [3.05, 3.63) is 30.5 Å². The Hall–Kier alpha value is -1.77. The molecule has 1 saturated heterocycles. The molecular weight excluding hydrogens is 212 g/mol. The van der Waals surface area contributed by atoms with Crippen LogP contribution in [0, 0.1) is 0 Å². The third-order valence-corrected chi connectivity index (χ3v) is 3.37. The largest absolute Gasteiger partial charge is 0.496 e. The lowest BCUT2D eigenvalue weighted by molar-refractivity contribution is 0.420. The minimum atomic E-state index is 0.914. The summed E-state index contributed by atoms with van der Waals surface area (Å²) in [4.78, 5) is 6.84. The number of ether oxygens (including phenoxy) is 1. The second kappa shape index (κ2) is 4.24. The van der Waals surface area contributed by atoms with E-state index in [0.29, 0.717) is 0 Å². The number of hydrogen-bond donors (Lipinski definition) is 0. The SMILES string of the molecule is COc1cccc2nccc(N3CCCC3)c12. The van der Waals surface area contributed by atoms with E-state index in [-0.39, 0.29) is 0 Å². The van der Waals surface area contributed by atoms with Gasteiger partial charge in [0.25, 0.3) is 0 Å². The highest BCUT2D eigenvalue weighted by atomic mass is 16.5. The normalized spacial score (nSPS) is 15.5. The molecule has 17 heavy (non-hydrogen) atoms. The summed E-state index contributed by atoms with van der Waals surface area (Å²) < 4.78 is 5.46. The topological polar surface area (TPSA) is 25.4 Å². The summed E-state index contributed by atoms with van der Waals surface area (Å²) >= 11 is 0. The first-order chi connectivity index (χ1) is 8.40. The summed E-state index contributed by atoms with van der Waals surface area (Å²) in [6, 6.07) is 8.12. The molecule has 3 nitrogen and oxygen atoms in total. The number of pyridine rings is 1. The van der Waals surface area contributed by atoms with Crippen LogP contribution in [0.4, 0.5) is 5.69 Å². The van der Waals surface area contributed by atoms with Crippen LogP contribution in [0.3, 0.4) is 0 Å². The first-order valence-electron chi connectivity index (χ1n) is 6.07. The molecule has 0 radical (unpaired) electrons. The van der Waals surface area contributed by atoms with Gasteiger partial charge in [-0.15, -0.1) is 0 Å². The molecule has 1 aromatic heterocycles. The van der Waals surface area contributed by atoms with Crippen molar-refractivity contribution < 1.29 is 4.74 Å². The highest BCUT2D eigenvalue weighted by molar-refractivity contribution is 5.96. The van der Waals surface area contributed by atoms with Gasteiger partial charge in [-0.3, -0.25) is 4.98 Å². The van der Waals surface area contributed by atoms with Crippen LogP contribution >= 0.6 is 0 Å². The van der Waals surface area contributed by atoms with Crippen molar-refractivity contribution in [1.82, 2.24) is 4.98 Å². The molecule has 88 valence electrons. The van der Waals surface area contributed by atoms with Crippen LogP contribution in [0.15, 0.2) is 30.5 Å². The molecule has 0 saturated carbocycles. The number of hydrogen-bond acceptors (Lipinski definition) is 3. The molecule has 2 aromatic rings. The van der Waals surface area contributed by atoms with Gasteiger partial charge in [-0.2, -0.15) is 0 Å². The smallest absolute Gasteiger partial charge is 0.130 e. The van der Waals surface area contributed by atoms with Crippen molar-refractivity contribution in [3.8, 4) is 5.75 Å². The second-order valence-electron chi connectivity index (χ2n) is 4.38. The molecule has 0 unspecified atom stereocenters. The van der Waals surface area contributed by atoms with Gasteiger partial charge in [0.15, 0.2) is 0 Å². The van der Waals surface area contributed by atoms with Gasteiger partial charge in [-0.05, 0) is 31.0 Å². The third kappa shape index (κ3) is 1.71. The molecule has 0 spiro atoms. The average molecular weight is 228 g/mol. The number of benzene rings is 1. The zero-order valence-corrected chi connectivity index (χ0v) is 10.0. The highest BCUT2D eigenvalue weighted by Gasteiger charge is 2.17. The number of fused-ring (bicyclic) bond motifs is 1. The Morgan fingerprint density at radius 3 is 2.76 bits per heavy atom. The number of rotatable bonds is 2. The predicted octanol–water partition coefficient (Wildman–Crippen LogP) is 2.84. The van der Waals surface area contributed by atoms with Crippen molar-refractivity contribution in [3.63, 3.8) is 0 Å². The maximum Gasteiger partial charge on any atom is 0.130 e. The van der Waals surface area contributed by atoms with Gasteiger partial charge in [0.1, 0.15) is 5.75 Å². The second-order valence-corrected chi connectivity index (χ2v) is 4.38. The fourth-order valence-corrected chi connectivity index (χ4v) is 2.55. The molecule has 1 fully saturated rings. The molecule has 2 heterocycles. The lowest BCUT2D eigenvalue weighted by atomic mass is 10.1. The van der Waals surface area contributed by atoms with E-state index >= 15 is 0 Å². The van der Waals surface area contributed by atoms with Gasteiger partial charge in [0.2, 0.25) is 0 Å². The summed E-state index contributed by atoms with van der Waals surface area (Å²) in [6.45, 7) is 2.27. The molecule has 3 heteroatoms. The van der Waals surface area contributed by atoms with E-state index in [4.69, 9.17) is 4.74 Å². The predicted molar refractivity (Wildman–Crippen MR) is 69.7 cm³/mol. The van der Waals surface area contributed by atoms with Crippen LogP contribution in [0.2, 0.25) is 0 Å². The lowest BCUT2D eigenvalue weighted by Gasteiger charge is -2.20. The van der Waals surface area contributed by atoms with E-state index in [1.165, 1.54) is 18.5 Å². The molecule has 0 N–H and O–H groups in total. The molecule has 0 aliphatic carbocycles. The quantitative estimate of drug-likeness (QED) is 0.790. The minimum Gasteiger partial charge on any atom is -0.496 e. The first-order valence-corrected chi connectivity index (χ1v) is 6.07. The molecule has 1 aromatic carbocycles. The van der Waals surface area contributed by atoms with E-state index in [1.807, 2.05) is 24.4 Å². The minimum absolute atomic E-state index is 0.914. The Kier molecular flexibility index (Phi) is 2.59. The van der Waals surface area contributed by atoms with Crippen LogP contribution < -0.4 is 9.64 Å². The third-order valence-electron chi connectivity index (χ3n) is 3.37. The van der Waals surface area contributed by atoms with Gasteiger partial charge in [0, 0.05) is 19.3 Å². The maximum absolute atomic E-state index is 5.46. The Morgan fingerprint density at radius 1 is 1.18 bits per heavy atom. The molecule has 3 rings (SSSR count). The standard InChI is InChI=1S/C14H16N2O/c1-17-13-6-4-5-11-14(13)12(7-8-15-11)16-9-2-3-10-16/h4-8H,2-3,9-10H2,1H3. The fraction of sp³-hybridized carbons (Fsp3) is 0.357. The maximum atomic E-state index is 5.46. The average Bonchev–Trinajstić information content (AvgIpc) is 2.91. The number of anilines is 1. The molecule has 1 aliphatic rings. The van der Waals surface area contributed by atoms with Gasteiger partial charge in [-0.25, -0.2) is 0 Å². The summed E-state index contributed by atoms with van der Waals surface area (Å²) in [5.41, 5.74) is 2.26. The zero-order chi connectivity index (χ0) is 11.7. The van der Waals surface area contributed by atoms with Gasteiger partial charge in [0.05, 0.1) is 23.7 Å². The molecule has 0 atom stereocenters. The Morgan fingerprint density at radius 2 is 2.00 bits per heavy atom. The van der Waals surface area contributed by atoms with Gasteiger partial charge in [-0.1, -0.05) is 6.07 Å². The molecule has 1 aliphatic heterocycles. The van der Waals surface area contributed by atoms with Gasteiger partial charge < -0.3 is 9.64 Å². The molecule has 0 bridgehead atoms. The van der Waals surface area contributed by atoms with Crippen molar-refractivity contribution in [2.75, 3.05) is 25.1 Å². The van der Waals surface area contributed by atoms with Crippen LogP contribution in [0.5, 0.6) is 5.75 Å². The van der Waals surface area contributed by atoms with E-state index in [1.54, 1.807) is 7.11 Å². The van der Waals surface area contributed by atoms with Crippen molar-refractivity contribution in [2.45, 2.75) is 12.8 Å². The van der Waals surface area contributed by atoms with E-state index in [2.05, 4.69) is 16.0 Å². The Balaban J connectivity index is 2.22. The van der Waals surface area contributed by atoms with Crippen LogP contribution in [-0.2, 0) is 0 Å². The van der Waals surface area contributed by atoms with E-state index < -0.39 is 0 Å².